The number of rotatable bonds is 6. The molecule has 0 aliphatic heterocycles. The van der Waals surface area contributed by atoms with E-state index in [0.29, 0.717) is 0 Å². The van der Waals surface area contributed by atoms with E-state index in [4.69, 9.17) is 4.74 Å². The third-order valence-electron chi connectivity index (χ3n) is 1.85. The molecular formula is C11H17NOS. The van der Waals surface area contributed by atoms with Crippen LogP contribution in [0.25, 0.3) is 0 Å². The molecular weight excluding hydrogens is 194 g/mol. The number of nitrogens with one attached hydrogen (secondary N) is 1. The molecule has 0 saturated carbocycles. The summed E-state index contributed by atoms with van der Waals surface area (Å²) < 4.78 is 5.24. The average molecular weight is 211 g/mol. The first-order chi connectivity index (χ1) is 6.86. The first-order valence-electron chi connectivity index (χ1n) is 4.82. The molecule has 14 heavy (non-hydrogen) atoms. The zero-order valence-electron chi connectivity index (χ0n) is 8.75. The molecule has 0 aromatic heterocycles. The van der Waals surface area contributed by atoms with Crippen molar-refractivity contribution >= 4 is 17.4 Å². The lowest BCUT2D eigenvalue weighted by Crippen LogP contribution is -2.08. The van der Waals surface area contributed by atoms with Gasteiger partial charge in [0, 0.05) is 23.7 Å². The van der Waals surface area contributed by atoms with Gasteiger partial charge in [0.2, 0.25) is 0 Å². The SMILES string of the molecule is CCOCCNc1cccc(SC)c1. The van der Waals surface area contributed by atoms with E-state index in [1.165, 1.54) is 4.90 Å². The maximum Gasteiger partial charge on any atom is 0.0638 e. The molecule has 0 heterocycles. The molecule has 0 atom stereocenters. The fourth-order valence-electron chi connectivity index (χ4n) is 1.14. The minimum Gasteiger partial charge on any atom is -0.383 e. The second kappa shape index (κ2) is 6.74. The summed E-state index contributed by atoms with van der Waals surface area (Å²) in [5.41, 5.74) is 1.16. The van der Waals surface area contributed by atoms with Crippen LogP contribution in [0.5, 0.6) is 0 Å². The number of anilines is 1. The minimum atomic E-state index is 0.764. The molecule has 0 radical (unpaired) electrons. The Labute approximate surface area is 90.0 Å². The van der Waals surface area contributed by atoms with Gasteiger partial charge in [-0.2, -0.15) is 0 Å². The summed E-state index contributed by atoms with van der Waals surface area (Å²) >= 11 is 1.76. The summed E-state index contributed by atoms with van der Waals surface area (Å²) in [6.07, 6.45) is 2.08. The fourth-order valence-corrected chi connectivity index (χ4v) is 1.60. The summed E-state index contributed by atoms with van der Waals surface area (Å²) in [7, 11) is 0. The van der Waals surface area contributed by atoms with E-state index in [0.717, 1.165) is 25.4 Å². The topological polar surface area (TPSA) is 21.3 Å². The first kappa shape index (κ1) is 11.4. The summed E-state index contributed by atoms with van der Waals surface area (Å²) in [6, 6.07) is 8.40. The Hall–Kier alpha value is -0.670. The summed E-state index contributed by atoms with van der Waals surface area (Å²) in [6.45, 7) is 4.42. The van der Waals surface area contributed by atoms with Gasteiger partial charge in [0.15, 0.2) is 0 Å². The average Bonchev–Trinajstić information content (AvgIpc) is 2.25. The smallest absolute Gasteiger partial charge is 0.0638 e. The van der Waals surface area contributed by atoms with E-state index in [1.54, 1.807) is 11.8 Å². The molecule has 0 unspecified atom stereocenters. The third kappa shape index (κ3) is 4.03. The van der Waals surface area contributed by atoms with Crippen LogP contribution in [-0.2, 0) is 4.74 Å². The monoisotopic (exact) mass is 211 g/mol. The van der Waals surface area contributed by atoms with Crippen LogP contribution >= 0.6 is 11.8 Å². The van der Waals surface area contributed by atoms with Gasteiger partial charge in [0.05, 0.1) is 6.61 Å². The van der Waals surface area contributed by atoms with E-state index in [9.17, 15) is 0 Å². The van der Waals surface area contributed by atoms with Gasteiger partial charge in [0.1, 0.15) is 0 Å². The lowest BCUT2D eigenvalue weighted by molar-refractivity contribution is 0.158. The lowest BCUT2D eigenvalue weighted by atomic mass is 10.3. The largest absolute Gasteiger partial charge is 0.383 e. The van der Waals surface area contributed by atoms with E-state index in [2.05, 4.69) is 35.8 Å². The zero-order chi connectivity index (χ0) is 10.2. The molecule has 0 aliphatic rings. The van der Waals surface area contributed by atoms with Crippen LogP contribution in [0.1, 0.15) is 6.92 Å². The second-order valence-electron chi connectivity index (χ2n) is 2.86. The number of hydrogen-bond donors (Lipinski definition) is 1. The quantitative estimate of drug-likeness (QED) is 0.577. The van der Waals surface area contributed by atoms with Crippen molar-refractivity contribution in [3.63, 3.8) is 0 Å². The van der Waals surface area contributed by atoms with Crippen LogP contribution in [0.3, 0.4) is 0 Å². The van der Waals surface area contributed by atoms with E-state index < -0.39 is 0 Å². The lowest BCUT2D eigenvalue weighted by Gasteiger charge is -2.07. The van der Waals surface area contributed by atoms with Crippen molar-refractivity contribution < 1.29 is 4.74 Å². The van der Waals surface area contributed by atoms with Crippen molar-refractivity contribution in [1.82, 2.24) is 0 Å². The number of ether oxygens (including phenoxy) is 1. The molecule has 0 fully saturated rings. The Balaban J connectivity index is 2.34. The van der Waals surface area contributed by atoms with Gasteiger partial charge in [-0.25, -0.2) is 0 Å². The van der Waals surface area contributed by atoms with E-state index >= 15 is 0 Å². The predicted molar refractivity (Wildman–Crippen MR) is 63.2 cm³/mol. The van der Waals surface area contributed by atoms with Gasteiger partial charge < -0.3 is 10.1 Å². The molecule has 78 valence electrons. The minimum absolute atomic E-state index is 0.764. The van der Waals surface area contributed by atoms with Crippen molar-refractivity contribution in [3.8, 4) is 0 Å². The van der Waals surface area contributed by atoms with Crippen LogP contribution in [0.4, 0.5) is 5.69 Å². The highest BCUT2D eigenvalue weighted by molar-refractivity contribution is 7.98. The number of thioether (sulfide) groups is 1. The Morgan fingerprint density at radius 2 is 2.29 bits per heavy atom. The number of benzene rings is 1. The van der Waals surface area contributed by atoms with Crippen LogP contribution in [0.2, 0.25) is 0 Å². The van der Waals surface area contributed by atoms with Crippen LogP contribution in [0, 0.1) is 0 Å². The van der Waals surface area contributed by atoms with Crippen molar-refractivity contribution in [3.05, 3.63) is 24.3 Å². The van der Waals surface area contributed by atoms with Gasteiger partial charge in [-0.1, -0.05) is 6.07 Å². The van der Waals surface area contributed by atoms with E-state index in [1.807, 2.05) is 6.92 Å². The van der Waals surface area contributed by atoms with Crippen LogP contribution in [0.15, 0.2) is 29.2 Å². The van der Waals surface area contributed by atoms with Crippen molar-refractivity contribution in [2.75, 3.05) is 31.3 Å². The van der Waals surface area contributed by atoms with Gasteiger partial charge in [0.25, 0.3) is 0 Å². The highest BCUT2D eigenvalue weighted by Gasteiger charge is 1.93. The highest BCUT2D eigenvalue weighted by atomic mass is 32.2. The van der Waals surface area contributed by atoms with E-state index in [-0.39, 0.29) is 0 Å². The Morgan fingerprint density at radius 1 is 1.43 bits per heavy atom. The predicted octanol–water partition coefficient (Wildman–Crippen LogP) is 2.86. The Bertz CT molecular complexity index is 265. The molecule has 0 amide bonds. The molecule has 0 bridgehead atoms. The van der Waals surface area contributed by atoms with Gasteiger partial charge >= 0.3 is 0 Å². The Kier molecular flexibility index (Phi) is 5.49. The highest BCUT2D eigenvalue weighted by Crippen LogP contribution is 2.18. The molecule has 0 spiro atoms. The maximum atomic E-state index is 5.24. The molecule has 3 heteroatoms. The first-order valence-corrected chi connectivity index (χ1v) is 6.05. The summed E-state index contributed by atoms with van der Waals surface area (Å²) in [4.78, 5) is 1.28. The van der Waals surface area contributed by atoms with Crippen LogP contribution < -0.4 is 5.32 Å². The molecule has 1 aromatic carbocycles. The van der Waals surface area contributed by atoms with Crippen molar-refractivity contribution in [2.24, 2.45) is 0 Å². The molecule has 0 aliphatic carbocycles. The molecule has 1 N–H and O–H groups in total. The van der Waals surface area contributed by atoms with Gasteiger partial charge in [-0.15, -0.1) is 11.8 Å². The van der Waals surface area contributed by atoms with Crippen LogP contribution in [-0.4, -0.2) is 26.0 Å². The second-order valence-corrected chi connectivity index (χ2v) is 3.74. The molecule has 2 nitrogen and oxygen atoms in total. The molecule has 0 saturated heterocycles. The third-order valence-corrected chi connectivity index (χ3v) is 2.57. The maximum absolute atomic E-state index is 5.24. The Morgan fingerprint density at radius 3 is 3.00 bits per heavy atom. The van der Waals surface area contributed by atoms with Gasteiger partial charge in [-0.05, 0) is 31.4 Å². The standard InChI is InChI=1S/C11H17NOS/c1-3-13-8-7-12-10-5-4-6-11(9-10)14-2/h4-6,9,12H,3,7-8H2,1-2H3. The number of hydrogen-bond acceptors (Lipinski definition) is 3. The normalized spacial score (nSPS) is 10.1. The summed E-state index contributed by atoms with van der Waals surface area (Å²) in [5.74, 6) is 0. The fraction of sp³-hybridized carbons (Fsp3) is 0.455. The van der Waals surface area contributed by atoms with Crippen molar-refractivity contribution in [2.45, 2.75) is 11.8 Å². The van der Waals surface area contributed by atoms with Crippen molar-refractivity contribution in [1.29, 1.82) is 0 Å². The molecule has 1 aromatic rings. The van der Waals surface area contributed by atoms with Gasteiger partial charge in [-0.3, -0.25) is 0 Å². The zero-order valence-corrected chi connectivity index (χ0v) is 9.56. The molecule has 1 rings (SSSR count). The summed E-state index contributed by atoms with van der Waals surface area (Å²) in [5, 5.41) is 3.32.